The summed E-state index contributed by atoms with van der Waals surface area (Å²) in [5.74, 6) is -0.152. The average Bonchev–Trinajstić information content (AvgIpc) is 3.30. The fraction of sp³-hybridized carbons (Fsp3) is 0.103. The first-order chi connectivity index (χ1) is 18.0. The number of hydrogen-bond acceptors (Lipinski definition) is 5. The maximum atomic E-state index is 12.5. The van der Waals surface area contributed by atoms with Gasteiger partial charge in [0.2, 0.25) is 11.8 Å². The van der Waals surface area contributed by atoms with Crippen LogP contribution in [0.5, 0.6) is 5.88 Å². The van der Waals surface area contributed by atoms with Gasteiger partial charge in [0.1, 0.15) is 5.69 Å². The third-order valence-electron chi connectivity index (χ3n) is 5.70. The Balaban J connectivity index is 1.40. The molecule has 5 rings (SSSR count). The zero-order valence-corrected chi connectivity index (χ0v) is 20.4. The number of anilines is 2. The van der Waals surface area contributed by atoms with E-state index in [2.05, 4.69) is 10.6 Å². The van der Waals surface area contributed by atoms with E-state index in [-0.39, 0.29) is 18.4 Å². The Morgan fingerprint density at radius 3 is 2.14 bits per heavy atom. The van der Waals surface area contributed by atoms with Crippen molar-refractivity contribution in [2.75, 3.05) is 17.2 Å². The van der Waals surface area contributed by atoms with Crippen molar-refractivity contribution in [3.05, 3.63) is 96.6 Å². The number of nitrogens with zero attached hydrogens (tertiary/aromatic N) is 3. The molecule has 2 N–H and O–H groups in total. The number of carbonyl (C=O) groups excluding carboxylic acids is 2. The predicted octanol–water partition coefficient (Wildman–Crippen LogP) is 5.37. The molecule has 0 saturated heterocycles. The quantitative estimate of drug-likeness (QED) is 0.319. The van der Waals surface area contributed by atoms with Gasteiger partial charge in [-0.15, -0.1) is 0 Å². The monoisotopic (exact) mass is 491 g/mol. The summed E-state index contributed by atoms with van der Waals surface area (Å²) >= 11 is 0. The second kappa shape index (κ2) is 10.3. The summed E-state index contributed by atoms with van der Waals surface area (Å²) in [7, 11) is 0. The number of benzene rings is 3. The van der Waals surface area contributed by atoms with Gasteiger partial charge in [-0.3, -0.25) is 9.59 Å². The Bertz CT molecular complexity index is 1560. The van der Waals surface area contributed by atoms with Crippen molar-refractivity contribution in [3.63, 3.8) is 0 Å². The van der Waals surface area contributed by atoms with Crippen LogP contribution in [0, 0.1) is 6.92 Å². The lowest BCUT2D eigenvalue weighted by molar-refractivity contribution is -0.118. The van der Waals surface area contributed by atoms with Gasteiger partial charge in [0.05, 0.1) is 11.1 Å². The second-order valence-corrected chi connectivity index (χ2v) is 8.53. The number of carbonyl (C=O) groups is 2. The van der Waals surface area contributed by atoms with Gasteiger partial charge in [-0.1, -0.05) is 48.5 Å². The minimum atomic E-state index is -0.326. The van der Waals surface area contributed by atoms with Gasteiger partial charge in [0.15, 0.2) is 12.3 Å². The number of aryl methyl sites for hydroxylation is 1. The number of aromatic nitrogens is 3. The lowest BCUT2D eigenvalue weighted by atomic mass is 10.1. The molecule has 8 nitrogen and oxygen atoms in total. The Hall–Kier alpha value is -4.98. The molecule has 8 heteroatoms. The maximum absolute atomic E-state index is 12.5. The van der Waals surface area contributed by atoms with Gasteiger partial charge in [0, 0.05) is 29.9 Å². The largest absolute Gasteiger partial charge is 0.467 e. The van der Waals surface area contributed by atoms with Crippen LogP contribution in [-0.4, -0.2) is 33.2 Å². The smallest absolute Gasteiger partial charge is 0.262 e. The van der Waals surface area contributed by atoms with Gasteiger partial charge < -0.3 is 15.4 Å². The van der Waals surface area contributed by atoms with Crippen molar-refractivity contribution >= 4 is 34.2 Å². The molecule has 0 unspecified atom stereocenters. The summed E-state index contributed by atoms with van der Waals surface area (Å²) in [6, 6.07) is 28.4. The number of amides is 2. The molecule has 0 fully saturated rings. The van der Waals surface area contributed by atoms with E-state index in [0.29, 0.717) is 22.9 Å². The summed E-state index contributed by atoms with van der Waals surface area (Å²) in [6.07, 6.45) is 0. The Morgan fingerprint density at radius 1 is 0.865 bits per heavy atom. The molecule has 37 heavy (non-hydrogen) atoms. The first-order valence-electron chi connectivity index (χ1n) is 11.8. The highest BCUT2D eigenvalue weighted by Gasteiger charge is 2.19. The summed E-state index contributed by atoms with van der Waals surface area (Å²) in [5, 5.41) is 11.3. The highest BCUT2D eigenvalue weighted by molar-refractivity contribution is 5.95. The van der Waals surface area contributed by atoms with Crippen molar-refractivity contribution in [3.8, 4) is 22.8 Å². The molecule has 0 atom stereocenters. The first-order valence-corrected chi connectivity index (χ1v) is 11.8. The van der Waals surface area contributed by atoms with E-state index >= 15 is 0 Å². The SMILES string of the molecule is CC(=O)Nc1ccc(NC(=O)COc2cc(C)c3c(-c4ccccc4)nn(-c4ccccc4)c3n2)cc1. The third-order valence-corrected chi connectivity index (χ3v) is 5.70. The number of hydrogen-bond donors (Lipinski definition) is 2. The molecule has 0 spiro atoms. The van der Waals surface area contributed by atoms with E-state index in [0.717, 1.165) is 27.9 Å². The van der Waals surface area contributed by atoms with Crippen molar-refractivity contribution in [1.29, 1.82) is 0 Å². The fourth-order valence-electron chi connectivity index (χ4n) is 4.07. The molecule has 0 aliphatic rings. The minimum Gasteiger partial charge on any atom is -0.467 e. The fourth-order valence-corrected chi connectivity index (χ4v) is 4.07. The molecule has 3 aromatic carbocycles. The lowest BCUT2D eigenvalue weighted by Gasteiger charge is -2.10. The first kappa shape index (κ1) is 23.7. The summed E-state index contributed by atoms with van der Waals surface area (Å²) < 4.78 is 7.59. The Labute approximate surface area is 213 Å². The average molecular weight is 492 g/mol. The molecule has 0 saturated carbocycles. The molecule has 184 valence electrons. The van der Waals surface area contributed by atoms with E-state index < -0.39 is 0 Å². The predicted molar refractivity (Wildman–Crippen MR) is 144 cm³/mol. The number of nitrogens with one attached hydrogen (secondary N) is 2. The van der Waals surface area contributed by atoms with Gasteiger partial charge in [-0.2, -0.15) is 10.1 Å². The van der Waals surface area contributed by atoms with E-state index in [4.69, 9.17) is 14.8 Å². The molecule has 2 heterocycles. The van der Waals surface area contributed by atoms with Crippen molar-refractivity contribution in [1.82, 2.24) is 14.8 Å². The third kappa shape index (κ3) is 5.33. The topological polar surface area (TPSA) is 98.1 Å². The summed E-state index contributed by atoms with van der Waals surface area (Å²) in [6.45, 7) is 3.21. The van der Waals surface area contributed by atoms with Gasteiger partial charge in [-0.25, -0.2) is 4.68 Å². The lowest BCUT2D eigenvalue weighted by Crippen LogP contribution is -2.20. The van der Waals surface area contributed by atoms with Crippen molar-refractivity contribution in [2.45, 2.75) is 13.8 Å². The van der Waals surface area contributed by atoms with Crippen molar-refractivity contribution < 1.29 is 14.3 Å². The number of rotatable bonds is 7. The molecular formula is C29H25N5O3. The maximum Gasteiger partial charge on any atom is 0.262 e. The number of ether oxygens (including phenoxy) is 1. The van der Waals surface area contributed by atoms with E-state index in [1.165, 1.54) is 6.92 Å². The van der Waals surface area contributed by atoms with Crippen LogP contribution in [0.4, 0.5) is 11.4 Å². The van der Waals surface area contributed by atoms with Crippen LogP contribution in [0.1, 0.15) is 12.5 Å². The highest BCUT2D eigenvalue weighted by atomic mass is 16.5. The van der Waals surface area contributed by atoms with Crippen LogP contribution in [0.25, 0.3) is 28.0 Å². The summed E-state index contributed by atoms with van der Waals surface area (Å²) in [5.41, 5.74) is 5.53. The molecule has 5 aromatic rings. The molecule has 0 aliphatic heterocycles. The summed E-state index contributed by atoms with van der Waals surface area (Å²) in [4.78, 5) is 28.4. The second-order valence-electron chi connectivity index (χ2n) is 8.53. The van der Waals surface area contributed by atoms with E-state index in [1.54, 1.807) is 28.9 Å². The van der Waals surface area contributed by atoms with Crippen LogP contribution >= 0.6 is 0 Å². The van der Waals surface area contributed by atoms with Gasteiger partial charge in [0.25, 0.3) is 5.91 Å². The van der Waals surface area contributed by atoms with Crippen LogP contribution in [0.15, 0.2) is 91.0 Å². The Morgan fingerprint density at radius 2 is 1.49 bits per heavy atom. The zero-order chi connectivity index (χ0) is 25.8. The highest BCUT2D eigenvalue weighted by Crippen LogP contribution is 2.33. The normalized spacial score (nSPS) is 10.8. The van der Waals surface area contributed by atoms with Crippen LogP contribution in [0.2, 0.25) is 0 Å². The Kier molecular flexibility index (Phi) is 6.63. The molecule has 0 bridgehead atoms. The minimum absolute atomic E-state index is 0.158. The molecule has 2 aromatic heterocycles. The van der Waals surface area contributed by atoms with Crippen LogP contribution in [-0.2, 0) is 9.59 Å². The molecule has 0 aliphatic carbocycles. The molecular weight excluding hydrogens is 466 g/mol. The number of pyridine rings is 1. The number of fused-ring (bicyclic) bond motifs is 1. The zero-order valence-electron chi connectivity index (χ0n) is 20.4. The standard InChI is InChI=1S/C29H25N5O3/c1-19-17-26(37-18-25(36)31-23-15-13-22(14-16-23)30-20(2)35)32-29-27(19)28(21-9-5-3-6-10-21)33-34(29)24-11-7-4-8-12-24/h3-17H,18H2,1-2H3,(H,30,35)(H,31,36). The van der Waals surface area contributed by atoms with Crippen LogP contribution in [0.3, 0.4) is 0 Å². The van der Waals surface area contributed by atoms with Gasteiger partial charge in [-0.05, 0) is 48.9 Å². The molecule has 0 radical (unpaired) electrons. The van der Waals surface area contributed by atoms with E-state index in [9.17, 15) is 9.59 Å². The molecule has 2 amide bonds. The van der Waals surface area contributed by atoms with E-state index in [1.807, 2.05) is 73.7 Å². The number of para-hydroxylation sites is 1. The van der Waals surface area contributed by atoms with Crippen molar-refractivity contribution in [2.24, 2.45) is 0 Å². The van der Waals surface area contributed by atoms with Crippen LogP contribution < -0.4 is 15.4 Å². The van der Waals surface area contributed by atoms with Gasteiger partial charge >= 0.3 is 0 Å².